The number of alkyl halides is 3. The van der Waals surface area contributed by atoms with Gasteiger partial charge in [-0.25, -0.2) is 0 Å². The average molecular weight is 466 g/mol. The second-order valence-electron chi connectivity index (χ2n) is 7.25. The number of carbonyl (C=O) groups is 1. The number of nitriles is 1. The van der Waals surface area contributed by atoms with Crippen LogP contribution in [0, 0.1) is 11.3 Å². The predicted octanol–water partition coefficient (Wildman–Crippen LogP) is 5.56. The molecule has 6 nitrogen and oxygen atoms in total. The maximum Gasteiger partial charge on any atom is 0.416 e. The Bertz CT molecular complexity index is 1300. The SMILES string of the molecule is N#CC(=Cc1cccc(OCc2cccc(C(F)(F)F)c2)c1)C(=O)Nc1ccc2c(c1)OCO2. The third kappa shape index (κ3) is 5.48. The Labute approximate surface area is 192 Å². The van der Waals surface area contributed by atoms with Crippen molar-refractivity contribution in [1.29, 1.82) is 5.26 Å². The lowest BCUT2D eigenvalue weighted by molar-refractivity contribution is -0.137. The van der Waals surface area contributed by atoms with Gasteiger partial charge >= 0.3 is 6.18 Å². The highest BCUT2D eigenvalue weighted by atomic mass is 19.4. The molecule has 4 rings (SSSR count). The summed E-state index contributed by atoms with van der Waals surface area (Å²) >= 11 is 0. The Kier molecular flexibility index (Phi) is 6.41. The first-order chi connectivity index (χ1) is 16.3. The summed E-state index contributed by atoms with van der Waals surface area (Å²) in [7, 11) is 0. The van der Waals surface area contributed by atoms with Gasteiger partial charge < -0.3 is 19.5 Å². The predicted molar refractivity (Wildman–Crippen MR) is 117 cm³/mol. The van der Waals surface area contributed by atoms with Gasteiger partial charge in [-0.1, -0.05) is 24.3 Å². The summed E-state index contributed by atoms with van der Waals surface area (Å²) in [6.07, 6.45) is -3.05. The van der Waals surface area contributed by atoms with Gasteiger partial charge in [0.25, 0.3) is 5.91 Å². The molecule has 0 fully saturated rings. The van der Waals surface area contributed by atoms with Gasteiger partial charge in [0, 0.05) is 11.8 Å². The van der Waals surface area contributed by atoms with Crippen molar-refractivity contribution in [2.45, 2.75) is 12.8 Å². The van der Waals surface area contributed by atoms with Gasteiger partial charge in [0.1, 0.15) is 24.0 Å². The van der Waals surface area contributed by atoms with Crippen LogP contribution in [-0.4, -0.2) is 12.7 Å². The largest absolute Gasteiger partial charge is 0.489 e. The Balaban J connectivity index is 1.44. The van der Waals surface area contributed by atoms with E-state index in [1.54, 1.807) is 42.5 Å². The zero-order valence-electron chi connectivity index (χ0n) is 17.6. The number of carbonyl (C=O) groups excluding carboxylic acids is 1. The first kappa shape index (κ1) is 22.7. The van der Waals surface area contributed by atoms with Crippen molar-refractivity contribution in [2.75, 3.05) is 12.1 Å². The Hall–Kier alpha value is -4.45. The third-order valence-electron chi connectivity index (χ3n) is 4.82. The molecule has 1 aliphatic heterocycles. The lowest BCUT2D eigenvalue weighted by Crippen LogP contribution is -2.13. The van der Waals surface area contributed by atoms with Crippen LogP contribution in [0.25, 0.3) is 6.08 Å². The summed E-state index contributed by atoms with van der Waals surface area (Å²) in [4.78, 5) is 12.6. The average Bonchev–Trinajstić information content (AvgIpc) is 3.29. The molecule has 3 aromatic carbocycles. The van der Waals surface area contributed by atoms with Crippen molar-refractivity contribution in [2.24, 2.45) is 0 Å². The van der Waals surface area contributed by atoms with Crippen LogP contribution in [0.5, 0.6) is 17.2 Å². The van der Waals surface area contributed by atoms with Gasteiger partial charge in [-0.3, -0.25) is 4.79 Å². The fraction of sp³-hybridized carbons (Fsp3) is 0.120. The van der Waals surface area contributed by atoms with E-state index in [0.29, 0.717) is 34.1 Å². The smallest absolute Gasteiger partial charge is 0.416 e. The molecule has 0 saturated carbocycles. The van der Waals surface area contributed by atoms with E-state index < -0.39 is 17.6 Å². The number of hydrogen-bond acceptors (Lipinski definition) is 5. The molecule has 0 saturated heterocycles. The highest BCUT2D eigenvalue weighted by Crippen LogP contribution is 2.34. The van der Waals surface area contributed by atoms with Crippen molar-refractivity contribution in [3.63, 3.8) is 0 Å². The topological polar surface area (TPSA) is 80.6 Å². The molecule has 0 spiro atoms. The van der Waals surface area contributed by atoms with Gasteiger partial charge in [0.05, 0.1) is 5.56 Å². The molecule has 0 radical (unpaired) electrons. The molecular weight excluding hydrogens is 449 g/mol. The molecule has 34 heavy (non-hydrogen) atoms. The molecule has 3 aromatic rings. The first-order valence-corrected chi connectivity index (χ1v) is 10.0. The van der Waals surface area contributed by atoms with Crippen molar-refractivity contribution in [3.8, 4) is 23.3 Å². The maximum atomic E-state index is 12.9. The summed E-state index contributed by atoms with van der Waals surface area (Å²) in [5.41, 5.74) is 0.411. The third-order valence-corrected chi connectivity index (χ3v) is 4.82. The summed E-state index contributed by atoms with van der Waals surface area (Å²) in [6, 6.07) is 18.1. The Morgan fingerprint density at radius 3 is 2.65 bits per heavy atom. The highest BCUT2D eigenvalue weighted by molar-refractivity contribution is 6.09. The van der Waals surface area contributed by atoms with E-state index in [-0.39, 0.29) is 19.0 Å². The highest BCUT2D eigenvalue weighted by Gasteiger charge is 2.30. The van der Waals surface area contributed by atoms with Crippen LogP contribution >= 0.6 is 0 Å². The first-order valence-electron chi connectivity index (χ1n) is 10.0. The minimum Gasteiger partial charge on any atom is -0.489 e. The molecule has 0 unspecified atom stereocenters. The van der Waals surface area contributed by atoms with E-state index in [1.807, 2.05) is 6.07 Å². The zero-order valence-corrected chi connectivity index (χ0v) is 17.6. The Morgan fingerprint density at radius 2 is 1.85 bits per heavy atom. The summed E-state index contributed by atoms with van der Waals surface area (Å²) in [6.45, 7) is 0.0229. The molecule has 1 aliphatic rings. The second kappa shape index (κ2) is 9.58. The van der Waals surface area contributed by atoms with Crippen LogP contribution in [0.1, 0.15) is 16.7 Å². The van der Waals surface area contributed by atoms with E-state index in [2.05, 4.69) is 5.32 Å². The van der Waals surface area contributed by atoms with E-state index in [4.69, 9.17) is 14.2 Å². The zero-order chi connectivity index (χ0) is 24.1. The van der Waals surface area contributed by atoms with Crippen LogP contribution in [0.15, 0.2) is 72.3 Å². The number of hydrogen-bond donors (Lipinski definition) is 1. The normalized spacial score (nSPS) is 12.7. The lowest BCUT2D eigenvalue weighted by Gasteiger charge is -2.10. The number of ether oxygens (including phenoxy) is 3. The summed E-state index contributed by atoms with van der Waals surface area (Å²) in [5, 5.41) is 12.1. The van der Waals surface area contributed by atoms with Crippen molar-refractivity contribution < 1.29 is 32.2 Å². The van der Waals surface area contributed by atoms with E-state index >= 15 is 0 Å². The number of benzene rings is 3. The molecule has 0 bridgehead atoms. The molecule has 1 heterocycles. The quantitative estimate of drug-likeness (QED) is 0.380. The number of nitrogens with zero attached hydrogens (tertiary/aromatic N) is 1. The van der Waals surface area contributed by atoms with Gasteiger partial charge in [0.2, 0.25) is 6.79 Å². The number of amides is 1. The fourth-order valence-corrected chi connectivity index (χ4v) is 3.19. The second-order valence-corrected chi connectivity index (χ2v) is 7.25. The molecule has 9 heteroatoms. The van der Waals surface area contributed by atoms with Crippen LogP contribution in [0.3, 0.4) is 0 Å². The number of rotatable bonds is 6. The van der Waals surface area contributed by atoms with Crippen molar-refractivity contribution in [3.05, 3.63) is 89.0 Å². The minimum absolute atomic E-state index is 0.0766. The monoisotopic (exact) mass is 466 g/mol. The van der Waals surface area contributed by atoms with Crippen molar-refractivity contribution in [1.82, 2.24) is 0 Å². The lowest BCUT2D eigenvalue weighted by atomic mass is 10.1. The molecule has 0 atom stereocenters. The summed E-state index contributed by atoms with van der Waals surface area (Å²) in [5.74, 6) is 0.818. The van der Waals surface area contributed by atoms with Crippen LogP contribution in [-0.2, 0) is 17.6 Å². The molecule has 1 amide bonds. The molecule has 1 N–H and O–H groups in total. The van der Waals surface area contributed by atoms with Gasteiger partial charge in [-0.2, -0.15) is 18.4 Å². The van der Waals surface area contributed by atoms with Crippen LogP contribution < -0.4 is 19.5 Å². The van der Waals surface area contributed by atoms with Gasteiger partial charge in [-0.05, 0) is 53.6 Å². The molecule has 0 aliphatic carbocycles. The van der Waals surface area contributed by atoms with Crippen LogP contribution in [0.2, 0.25) is 0 Å². The van der Waals surface area contributed by atoms with E-state index in [1.165, 1.54) is 18.2 Å². The van der Waals surface area contributed by atoms with E-state index in [9.17, 15) is 23.2 Å². The number of fused-ring (bicyclic) bond motifs is 1. The summed E-state index contributed by atoms with van der Waals surface area (Å²) < 4.78 is 54.8. The fourth-order valence-electron chi connectivity index (χ4n) is 3.19. The number of anilines is 1. The number of nitrogens with one attached hydrogen (secondary N) is 1. The maximum absolute atomic E-state index is 12.9. The van der Waals surface area contributed by atoms with Crippen LogP contribution in [0.4, 0.5) is 18.9 Å². The number of halogens is 3. The Morgan fingerprint density at radius 1 is 1.06 bits per heavy atom. The standard InChI is InChI=1S/C25H17F3N2O4/c26-25(27,28)19-5-1-4-17(10-19)14-32-21-6-2-3-16(11-21)9-18(13-29)24(31)30-20-7-8-22-23(12-20)34-15-33-22/h1-12H,14-15H2,(H,30,31). The van der Waals surface area contributed by atoms with E-state index in [0.717, 1.165) is 12.1 Å². The van der Waals surface area contributed by atoms with Gasteiger partial charge in [-0.15, -0.1) is 0 Å². The molecular formula is C25H17F3N2O4. The molecule has 172 valence electrons. The molecule has 0 aromatic heterocycles. The minimum atomic E-state index is -4.43. The van der Waals surface area contributed by atoms with Crippen molar-refractivity contribution >= 4 is 17.7 Å². The van der Waals surface area contributed by atoms with Gasteiger partial charge in [0.15, 0.2) is 11.5 Å².